The summed E-state index contributed by atoms with van der Waals surface area (Å²) in [6.45, 7) is 3.06. The molecule has 0 bridgehead atoms. The number of rotatable bonds is 3. The van der Waals surface area contributed by atoms with Crippen molar-refractivity contribution < 1.29 is 13.9 Å². The molecule has 0 fully saturated rings. The lowest BCUT2D eigenvalue weighted by Gasteiger charge is -2.27. The molecule has 2 aromatic carbocycles. The van der Waals surface area contributed by atoms with E-state index in [0.29, 0.717) is 17.6 Å². The number of aryl methyl sites for hydroxylation is 1. The van der Waals surface area contributed by atoms with Gasteiger partial charge in [-0.1, -0.05) is 27.6 Å². The van der Waals surface area contributed by atoms with Gasteiger partial charge in [0.1, 0.15) is 0 Å². The van der Waals surface area contributed by atoms with Gasteiger partial charge >= 0.3 is 0 Å². The van der Waals surface area contributed by atoms with Crippen molar-refractivity contribution in [1.82, 2.24) is 9.88 Å². The molecule has 6 heteroatoms. The molecule has 4 rings (SSSR count). The molecule has 26 heavy (non-hydrogen) atoms. The summed E-state index contributed by atoms with van der Waals surface area (Å²) in [5.74, 6) is -0.540. The summed E-state index contributed by atoms with van der Waals surface area (Å²) in [4.78, 5) is 17.8. The fourth-order valence-electron chi connectivity index (χ4n) is 3.36. The van der Waals surface area contributed by atoms with Crippen molar-refractivity contribution in [2.45, 2.75) is 19.9 Å². The van der Waals surface area contributed by atoms with Gasteiger partial charge in [0, 0.05) is 46.1 Å². The number of fused-ring (bicyclic) bond motifs is 3. The molecule has 0 spiro atoms. The van der Waals surface area contributed by atoms with Gasteiger partial charge in [0.2, 0.25) is 0 Å². The molecule has 0 saturated carbocycles. The number of nitrogens with one attached hydrogen (secondary N) is 1. The van der Waals surface area contributed by atoms with Gasteiger partial charge < -0.3 is 14.6 Å². The zero-order valence-electron chi connectivity index (χ0n) is 14.3. The van der Waals surface area contributed by atoms with Crippen LogP contribution in [-0.4, -0.2) is 28.9 Å². The van der Waals surface area contributed by atoms with Crippen molar-refractivity contribution in [2.75, 3.05) is 13.2 Å². The minimum Gasteiger partial charge on any atom is -0.481 e. The lowest BCUT2D eigenvalue weighted by Crippen LogP contribution is -2.38. The highest BCUT2D eigenvalue weighted by molar-refractivity contribution is 9.10. The minimum atomic E-state index is -0.486. The van der Waals surface area contributed by atoms with Crippen molar-refractivity contribution in [3.8, 4) is 5.75 Å². The van der Waals surface area contributed by atoms with Crippen LogP contribution in [0.25, 0.3) is 10.9 Å². The fourth-order valence-corrected chi connectivity index (χ4v) is 3.70. The summed E-state index contributed by atoms with van der Waals surface area (Å²) < 4.78 is 19.8. The third-order valence-corrected chi connectivity index (χ3v) is 5.22. The van der Waals surface area contributed by atoms with Gasteiger partial charge in [-0.05, 0) is 37.3 Å². The second-order valence-electron chi connectivity index (χ2n) is 6.56. The van der Waals surface area contributed by atoms with Gasteiger partial charge in [0.05, 0.1) is 0 Å². The van der Waals surface area contributed by atoms with E-state index < -0.39 is 5.82 Å². The van der Waals surface area contributed by atoms with Crippen LogP contribution in [0.2, 0.25) is 0 Å². The van der Waals surface area contributed by atoms with Crippen LogP contribution in [0.5, 0.6) is 5.75 Å². The van der Waals surface area contributed by atoms with Crippen molar-refractivity contribution >= 4 is 32.7 Å². The average Bonchev–Trinajstić information content (AvgIpc) is 2.98. The Hall–Kier alpha value is -2.34. The monoisotopic (exact) mass is 416 g/mol. The van der Waals surface area contributed by atoms with Crippen LogP contribution < -0.4 is 4.74 Å². The smallest absolute Gasteiger partial charge is 0.260 e. The first-order valence-corrected chi connectivity index (χ1v) is 9.26. The second-order valence-corrected chi connectivity index (χ2v) is 7.48. The predicted octanol–water partition coefficient (Wildman–Crippen LogP) is 4.34. The Morgan fingerprint density at radius 2 is 2.15 bits per heavy atom. The second kappa shape index (κ2) is 6.76. The first kappa shape index (κ1) is 17.1. The molecule has 134 valence electrons. The van der Waals surface area contributed by atoms with E-state index in [2.05, 4.69) is 46.0 Å². The molecule has 1 aliphatic heterocycles. The molecule has 0 atom stereocenters. The highest BCUT2D eigenvalue weighted by Gasteiger charge is 2.24. The number of hydrogen-bond donors (Lipinski definition) is 1. The Balaban J connectivity index is 1.48. The highest BCUT2D eigenvalue weighted by atomic mass is 79.9. The number of aromatic nitrogens is 1. The Kier molecular flexibility index (Phi) is 4.44. The van der Waals surface area contributed by atoms with Crippen molar-refractivity contribution in [2.24, 2.45) is 0 Å². The van der Waals surface area contributed by atoms with E-state index in [1.807, 2.05) is 0 Å². The third kappa shape index (κ3) is 3.21. The molecule has 1 amide bonds. The van der Waals surface area contributed by atoms with Crippen molar-refractivity contribution in [1.29, 1.82) is 0 Å². The molecule has 1 aliphatic rings. The molecular weight excluding hydrogens is 399 g/mol. The molecule has 3 aromatic rings. The summed E-state index contributed by atoms with van der Waals surface area (Å²) in [5.41, 5.74) is 4.65. The summed E-state index contributed by atoms with van der Waals surface area (Å²) in [6.07, 6.45) is 0.779. The largest absolute Gasteiger partial charge is 0.481 e. The predicted molar refractivity (Wildman–Crippen MR) is 102 cm³/mol. The molecule has 1 aromatic heterocycles. The molecule has 0 unspecified atom stereocenters. The number of aromatic amines is 1. The minimum absolute atomic E-state index is 0.0852. The summed E-state index contributed by atoms with van der Waals surface area (Å²) in [5, 5.41) is 1.16. The quantitative estimate of drug-likeness (QED) is 0.689. The zero-order valence-corrected chi connectivity index (χ0v) is 15.9. The van der Waals surface area contributed by atoms with E-state index in [4.69, 9.17) is 4.74 Å². The number of ether oxygens (including phenoxy) is 1. The van der Waals surface area contributed by atoms with Gasteiger partial charge in [0.15, 0.2) is 18.2 Å². The number of H-pyrrole nitrogens is 1. The summed E-state index contributed by atoms with van der Waals surface area (Å²) in [7, 11) is 0. The molecule has 1 N–H and O–H groups in total. The summed E-state index contributed by atoms with van der Waals surface area (Å²) >= 11 is 3.20. The van der Waals surface area contributed by atoms with Crippen LogP contribution in [0.3, 0.4) is 0 Å². The SMILES string of the molecule is Cc1ccc2[nH]c3c(c2c1)CN(C(=O)COc1ccc(Br)cc1F)CC3. The number of nitrogens with zero attached hydrogens (tertiary/aromatic N) is 1. The number of halogens is 2. The lowest BCUT2D eigenvalue weighted by molar-refractivity contribution is -0.134. The Labute approximate surface area is 159 Å². The first-order valence-electron chi connectivity index (χ1n) is 8.47. The Morgan fingerprint density at radius 1 is 1.31 bits per heavy atom. The molecule has 0 saturated heterocycles. The van der Waals surface area contributed by atoms with Gasteiger partial charge in [-0.2, -0.15) is 0 Å². The zero-order chi connectivity index (χ0) is 18.3. The lowest BCUT2D eigenvalue weighted by atomic mass is 10.0. The first-order chi connectivity index (χ1) is 12.5. The maximum atomic E-state index is 13.8. The number of carbonyl (C=O) groups is 1. The van der Waals surface area contributed by atoms with Crippen LogP contribution in [0.4, 0.5) is 4.39 Å². The fraction of sp³-hybridized carbons (Fsp3) is 0.250. The van der Waals surface area contributed by atoms with Gasteiger partial charge in [-0.15, -0.1) is 0 Å². The molecule has 0 aliphatic carbocycles. The Bertz CT molecular complexity index is 999. The van der Waals surface area contributed by atoms with Gasteiger partial charge in [-0.3, -0.25) is 4.79 Å². The van der Waals surface area contributed by atoms with E-state index >= 15 is 0 Å². The van der Waals surface area contributed by atoms with E-state index in [-0.39, 0.29) is 18.3 Å². The van der Waals surface area contributed by atoms with Crippen molar-refractivity contribution in [3.05, 3.63) is 63.5 Å². The summed E-state index contributed by atoms with van der Waals surface area (Å²) in [6, 6.07) is 10.8. The van der Waals surface area contributed by atoms with Gasteiger partial charge in [-0.25, -0.2) is 4.39 Å². The van der Waals surface area contributed by atoms with E-state index in [1.54, 1.807) is 11.0 Å². The number of hydrogen-bond acceptors (Lipinski definition) is 2. The Morgan fingerprint density at radius 3 is 2.96 bits per heavy atom. The normalized spacial score (nSPS) is 13.7. The van der Waals surface area contributed by atoms with E-state index in [9.17, 15) is 9.18 Å². The van der Waals surface area contributed by atoms with Crippen molar-refractivity contribution in [3.63, 3.8) is 0 Å². The van der Waals surface area contributed by atoms with Crippen LogP contribution >= 0.6 is 15.9 Å². The third-order valence-electron chi connectivity index (χ3n) is 4.73. The van der Waals surface area contributed by atoms with Gasteiger partial charge in [0.25, 0.3) is 5.91 Å². The van der Waals surface area contributed by atoms with Crippen LogP contribution in [-0.2, 0) is 17.8 Å². The highest BCUT2D eigenvalue weighted by Crippen LogP contribution is 2.28. The molecule has 4 nitrogen and oxygen atoms in total. The maximum Gasteiger partial charge on any atom is 0.260 e. The topological polar surface area (TPSA) is 45.3 Å². The number of benzene rings is 2. The molecule has 0 radical (unpaired) electrons. The number of carbonyl (C=O) groups excluding carboxylic acids is 1. The van der Waals surface area contributed by atoms with Crippen LogP contribution in [0, 0.1) is 12.7 Å². The average molecular weight is 417 g/mol. The van der Waals surface area contributed by atoms with E-state index in [0.717, 1.165) is 22.9 Å². The molecular formula is C20H18BrFN2O2. The van der Waals surface area contributed by atoms with Crippen LogP contribution in [0.15, 0.2) is 40.9 Å². The molecule has 2 heterocycles. The van der Waals surface area contributed by atoms with Crippen LogP contribution in [0.1, 0.15) is 16.8 Å². The standard InChI is InChI=1S/C20H18BrFN2O2/c1-12-2-4-17-14(8-12)15-10-24(7-6-18(15)23-17)20(25)11-26-19-5-3-13(21)9-16(19)22/h2-5,8-9,23H,6-7,10-11H2,1H3. The number of amides is 1. The maximum absolute atomic E-state index is 13.8. The van der Waals surface area contributed by atoms with E-state index in [1.165, 1.54) is 23.4 Å².